The van der Waals surface area contributed by atoms with Crippen molar-refractivity contribution >= 4 is 0 Å². The second kappa shape index (κ2) is 6.81. The molecule has 0 aliphatic heterocycles. The highest BCUT2D eigenvalue weighted by atomic mass is 14.6. The second-order valence-corrected chi connectivity index (χ2v) is 12.7. The lowest BCUT2D eigenvalue weighted by atomic mass is 9.45. The number of hydrogen-bond donors (Lipinski definition) is 0. The lowest BCUT2D eigenvalue weighted by Gasteiger charge is -2.60. The van der Waals surface area contributed by atoms with Gasteiger partial charge in [0.05, 0.1) is 0 Å². The summed E-state index contributed by atoms with van der Waals surface area (Å²) in [6, 6.07) is 0. The molecule has 0 spiro atoms. The third-order valence-electron chi connectivity index (χ3n) is 10.3. The van der Waals surface area contributed by atoms with Gasteiger partial charge in [0.25, 0.3) is 0 Å². The van der Waals surface area contributed by atoms with Crippen molar-refractivity contribution in [2.45, 2.75) is 118 Å². The predicted molar refractivity (Wildman–Crippen MR) is 113 cm³/mol. The lowest BCUT2D eigenvalue weighted by molar-refractivity contribution is -0.111. The fourth-order valence-corrected chi connectivity index (χ4v) is 8.76. The van der Waals surface area contributed by atoms with Gasteiger partial charge in [-0.2, -0.15) is 0 Å². The average Bonchev–Trinajstić information content (AvgIpc) is 2.90. The van der Waals surface area contributed by atoms with E-state index in [1.165, 1.54) is 32.1 Å². The topological polar surface area (TPSA) is 0 Å². The van der Waals surface area contributed by atoms with E-state index in [1.807, 2.05) is 0 Å². The molecule has 4 rings (SSSR count). The van der Waals surface area contributed by atoms with Crippen LogP contribution in [0.25, 0.3) is 0 Å². The summed E-state index contributed by atoms with van der Waals surface area (Å²) in [4.78, 5) is 0. The Morgan fingerprint density at radius 2 is 1.54 bits per heavy atom. The quantitative estimate of drug-likeness (QED) is 0.476. The summed E-state index contributed by atoms with van der Waals surface area (Å²) < 4.78 is 0. The normalized spacial score (nSPS) is 48.6. The molecule has 0 saturated heterocycles. The van der Waals surface area contributed by atoms with Crippen LogP contribution < -0.4 is 0 Å². The molecule has 7 atom stereocenters. The molecule has 0 heterocycles. The molecule has 4 saturated carbocycles. The summed E-state index contributed by atoms with van der Waals surface area (Å²) in [5, 5.41) is 0. The van der Waals surface area contributed by atoms with Gasteiger partial charge in [-0.15, -0.1) is 0 Å². The van der Waals surface area contributed by atoms with Gasteiger partial charge in [-0.05, 0) is 110 Å². The van der Waals surface area contributed by atoms with Crippen LogP contribution in [-0.2, 0) is 0 Å². The van der Waals surface area contributed by atoms with Crippen LogP contribution in [0.1, 0.15) is 118 Å². The van der Waals surface area contributed by atoms with Crippen LogP contribution in [-0.4, -0.2) is 0 Å². The van der Waals surface area contributed by atoms with Crippen LogP contribution in [0.3, 0.4) is 0 Å². The van der Waals surface area contributed by atoms with Crippen molar-refractivity contribution in [3.8, 4) is 0 Å². The fraction of sp³-hybridized carbons (Fsp3) is 1.00. The summed E-state index contributed by atoms with van der Waals surface area (Å²) in [6.45, 7) is 12.7. The van der Waals surface area contributed by atoms with Crippen LogP contribution in [0, 0.1) is 45.8 Å². The minimum absolute atomic E-state index is 0.518. The summed E-state index contributed by atoms with van der Waals surface area (Å²) >= 11 is 0. The number of fused-ring (bicyclic) bond motifs is 5. The molecule has 7 unspecified atom stereocenters. The third kappa shape index (κ3) is 3.20. The van der Waals surface area contributed by atoms with Crippen molar-refractivity contribution in [1.29, 1.82) is 0 Å². The van der Waals surface area contributed by atoms with Gasteiger partial charge in [-0.3, -0.25) is 0 Å². The van der Waals surface area contributed by atoms with Gasteiger partial charge >= 0.3 is 0 Å². The highest BCUT2D eigenvalue weighted by molar-refractivity contribution is 5.08. The van der Waals surface area contributed by atoms with Crippen LogP contribution in [0.15, 0.2) is 0 Å². The van der Waals surface area contributed by atoms with E-state index in [-0.39, 0.29) is 0 Å². The van der Waals surface area contributed by atoms with Crippen LogP contribution >= 0.6 is 0 Å². The fourth-order valence-electron chi connectivity index (χ4n) is 8.76. The van der Waals surface area contributed by atoms with Gasteiger partial charge in [-0.25, -0.2) is 0 Å². The molecular weight excluding hydrogens is 312 g/mol. The van der Waals surface area contributed by atoms with Crippen LogP contribution in [0.5, 0.6) is 0 Å². The van der Waals surface area contributed by atoms with E-state index >= 15 is 0 Å². The molecule has 0 aromatic carbocycles. The number of rotatable bonds is 3. The maximum atomic E-state index is 2.73. The molecule has 4 aliphatic carbocycles. The zero-order valence-electron chi connectivity index (χ0n) is 18.6. The summed E-state index contributed by atoms with van der Waals surface area (Å²) in [7, 11) is 0. The van der Waals surface area contributed by atoms with Gasteiger partial charge in [0.15, 0.2) is 0 Å². The molecule has 0 bridgehead atoms. The molecule has 0 N–H and O–H groups in total. The van der Waals surface area contributed by atoms with Crippen molar-refractivity contribution in [2.75, 3.05) is 0 Å². The summed E-state index contributed by atoms with van der Waals surface area (Å²) in [5.74, 6) is 5.34. The minimum atomic E-state index is 0.518. The molecule has 4 aliphatic rings. The molecular formula is C26H46. The SMILES string of the molecule is CC(C)(C)CCCC1CCC2C3CCC4CCCCC4(C)C3CCC12C. The zero-order valence-corrected chi connectivity index (χ0v) is 18.6. The summed E-state index contributed by atoms with van der Waals surface area (Å²) in [5.41, 5.74) is 1.92. The number of hydrogen-bond acceptors (Lipinski definition) is 0. The predicted octanol–water partition coefficient (Wildman–Crippen LogP) is 8.25. The first-order valence-electron chi connectivity index (χ1n) is 12.2. The van der Waals surface area contributed by atoms with E-state index in [4.69, 9.17) is 0 Å². The van der Waals surface area contributed by atoms with Gasteiger partial charge in [0.2, 0.25) is 0 Å². The Balaban J connectivity index is 1.46. The van der Waals surface area contributed by atoms with Gasteiger partial charge < -0.3 is 0 Å². The molecule has 0 heteroatoms. The highest BCUT2D eigenvalue weighted by Crippen LogP contribution is 2.67. The molecule has 0 radical (unpaired) electrons. The van der Waals surface area contributed by atoms with Gasteiger partial charge in [-0.1, -0.05) is 53.9 Å². The van der Waals surface area contributed by atoms with E-state index in [2.05, 4.69) is 34.6 Å². The zero-order chi connectivity index (χ0) is 18.6. The molecule has 26 heavy (non-hydrogen) atoms. The van der Waals surface area contributed by atoms with E-state index in [0.717, 1.165) is 29.6 Å². The molecule has 0 amide bonds. The van der Waals surface area contributed by atoms with Crippen molar-refractivity contribution in [2.24, 2.45) is 45.8 Å². The van der Waals surface area contributed by atoms with E-state index in [0.29, 0.717) is 16.2 Å². The Morgan fingerprint density at radius 3 is 2.31 bits per heavy atom. The van der Waals surface area contributed by atoms with Gasteiger partial charge in [0.1, 0.15) is 0 Å². The maximum absolute atomic E-state index is 2.73. The second-order valence-electron chi connectivity index (χ2n) is 12.7. The lowest BCUT2D eigenvalue weighted by Crippen LogP contribution is -2.52. The minimum Gasteiger partial charge on any atom is -0.0602 e. The molecule has 0 aromatic rings. The maximum Gasteiger partial charge on any atom is -0.0266 e. The molecule has 0 aromatic heterocycles. The monoisotopic (exact) mass is 358 g/mol. The van der Waals surface area contributed by atoms with Crippen molar-refractivity contribution < 1.29 is 0 Å². The standard InChI is InChI=1S/C26H46/c1-24(2,3)16-8-10-20-12-14-22-21-13-11-19-9-6-7-17-25(19,4)23(21)15-18-26(20,22)5/h19-23H,6-18H2,1-5H3. The Hall–Kier alpha value is 0. The molecule has 0 nitrogen and oxygen atoms in total. The van der Waals surface area contributed by atoms with E-state index < -0.39 is 0 Å². The third-order valence-corrected chi connectivity index (χ3v) is 10.3. The first-order valence-corrected chi connectivity index (χ1v) is 12.2. The van der Waals surface area contributed by atoms with Crippen molar-refractivity contribution in [3.63, 3.8) is 0 Å². The molecule has 4 fully saturated rings. The first kappa shape index (κ1) is 19.3. The smallest absolute Gasteiger partial charge is 0.0266 e. The average molecular weight is 359 g/mol. The highest BCUT2D eigenvalue weighted by Gasteiger charge is 2.59. The first-order chi connectivity index (χ1) is 12.2. The van der Waals surface area contributed by atoms with Crippen LogP contribution in [0.2, 0.25) is 0 Å². The Labute approximate surface area is 164 Å². The Morgan fingerprint density at radius 1 is 0.769 bits per heavy atom. The largest absolute Gasteiger partial charge is 0.0602 e. The van der Waals surface area contributed by atoms with Crippen LogP contribution in [0.4, 0.5) is 0 Å². The Kier molecular flexibility index (Phi) is 5.06. The Bertz CT molecular complexity index is 499. The van der Waals surface area contributed by atoms with E-state index in [9.17, 15) is 0 Å². The van der Waals surface area contributed by atoms with Crippen molar-refractivity contribution in [1.82, 2.24) is 0 Å². The molecule has 150 valence electrons. The van der Waals surface area contributed by atoms with Gasteiger partial charge in [0, 0.05) is 0 Å². The summed E-state index contributed by atoms with van der Waals surface area (Å²) in [6.07, 6.45) is 19.9. The van der Waals surface area contributed by atoms with E-state index in [1.54, 1.807) is 51.4 Å². The van der Waals surface area contributed by atoms with Crippen molar-refractivity contribution in [3.05, 3.63) is 0 Å².